The van der Waals surface area contributed by atoms with Crippen molar-refractivity contribution < 1.29 is 19.3 Å². The van der Waals surface area contributed by atoms with E-state index in [0.717, 1.165) is 0 Å². The van der Waals surface area contributed by atoms with Gasteiger partial charge in [0.25, 0.3) is 11.2 Å². The number of methoxy groups -OCH3 is 1. The van der Waals surface area contributed by atoms with Crippen molar-refractivity contribution >= 4 is 44.4 Å². The Labute approximate surface area is 236 Å². The number of hydrogen-bond acceptors (Lipinski definition) is 9. The summed E-state index contributed by atoms with van der Waals surface area (Å²) in [6.45, 7) is 5.61. The van der Waals surface area contributed by atoms with Crippen molar-refractivity contribution in [1.29, 1.82) is 0 Å². The SMILES string of the molecule is COc1cc(C=Nn2c(C(C)(C)C)nc3ccc(Br)cc3c2=O)cc([N+](=O)[O-])c1OCc1ccc([N+](=O)[O-])cc1. The van der Waals surface area contributed by atoms with Crippen LogP contribution in [0.2, 0.25) is 0 Å². The number of nitrogens with zero attached hydrogens (tertiary/aromatic N) is 5. The molecule has 0 saturated carbocycles. The van der Waals surface area contributed by atoms with Gasteiger partial charge < -0.3 is 9.47 Å². The molecule has 0 unspecified atom stereocenters. The van der Waals surface area contributed by atoms with E-state index in [2.05, 4.69) is 26.0 Å². The molecule has 206 valence electrons. The summed E-state index contributed by atoms with van der Waals surface area (Å²) in [6, 6.07) is 13.6. The number of nitro groups is 2. The molecular formula is C27H24BrN5O7. The van der Waals surface area contributed by atoms with Crippen molar-refractivity contribution in [3.8, 4) is 11.5 Å². The first-order valence-corrected chi connectivity index (χ1v) is 12.7. The van der Waals surface area contributed by atoms with Crippen LogP contribution in [0, 0.1) is 20.2 Å². The van der Waals surface area contributed by atoms with Crippen LogP contribution in [0.4, 0.5) is 11.4 Å². The van der Waals surface area contributed by atoms with E-state index in [9.17, 15) is 25.0 Å². The molecule has 1 heterocycles. The summed E-state index contributed by atoms with van der Waals surface area (Å²) in [6.07, 6.45) is 1.32. The highest BCUT2D eigenvalue weighted by Gasteiger charge is 2.24. The number of non-ortho nitro benzene ring substituents is 1. The predicted molar refractivity (Wildman–Crippen MR) is 152 cm³/mol. The van der Waals surface area contributed by atoms with Crippen molar-refractivity contribution in [2.24, 2.45) is 5.10 Å². The molecule has 0 N–H and O–H groups in total. The fourth-order valence-corrected chi connectivity index (χ4v) is 4.21. The molecule has 0 atom stereocenters. The van der Waals surface area contributed by atoms with Crippen LogP contribution < -0.4 is 15.0 Å². The lowest BCUT2D eigenvalue weighted by atomic mass is 9.95. The van der Waals surface area contributed by atoms with Crippen LogP contribution in [0.25, 0.3) is 10.9 Å². The van der Waals surface area contributed by atoms with E-state index in [4.69, 9.17) is 9.47 Å². The monoisotopic (exact) mass is 609 g/mol. The van der Waals surface area contributed by atoms with Gasteiger partial charge in [0.1, 0.15) is 12.4 Å². The minimum atomic E-state index is -0.618. The van der Waals surface area contributed by atoms with Crippen molar-refractivity contribution in [2.45, 2.75) is 32.8 Å². The van der Waals surface area contributed by atoms with Gasteiger partial charge in [0.2, 0.25) is 5.75 Å². The topological polar surface area (TPSA) is 152 Å². The van der Waals surface area contributed by atoms with Crippen LogP contribution in [0.1, 0.15) is 37.7 Å². The Bertz CT molecular complexity index is 1710. The average molecular weight is 610 g/mol. The van der Waals surface area contributed by atoms with Gasteiger partial charge in [0.05, 0.1) is 34.1 Å². The maximum absolute atomic E-state index is 13.4. The Balaban J connectivity index is 1.74. The number of benzene rings is 3. The van der Waals surface area contributed by atoms with Crippen molar-refractivity contribution in [3.63, 3.8) is 0 Å². The van der Waals surface area contributed by atoms with Gasteiger partial charge >= 0.3 is 5.69 Å². The van der Waals surface area contributed by atoms with E-state index < -0.39 is 20.8 Å². The Morgan fingerprint density at radius 2 is 1.75 bits per heavy atom. The van der Waals surface area contributed by atoms with Crippen LogP contribution in [0.15, 0.2) is 69.0 Å². The lowest BCUT2D eigenvalue weighted by molar-refractivity contribution is -0.386. The summed E-state index contributed by atoms with van der Waals surface area (Å²) in [5.74, 6) is 0.363. The number of fused-ring (bicyclic) bond motifs is 1. The second-order valence-electron chi connectivity index (χ2n) is 9.75. The van der Waals surface area contributed by atoms with Crippen molar-refractivity contribution in [1.82, 2.24) is 9.66 Å². The minimum absolute atomic E-state index is 0.0709. The number of aromatic nitrogens is 2. The third-order valence-corrected chi connectivity index (χ3v) is 6.30. The molecule has 0 aliphatic carbocycles. The van der Waals surface area contributed by atoms with E-state index >= 15 is 0 Å². The average Bonchev–Trinajstić information content (AvgIpc) is 2.90. The van der Waals surface area contributed by atoms with Crippen LogP contribution in [0.5, 0.6) is 11.5 Å². The van der Waals surface area contributed by atoms with E-state index in [1.165, 1.54) is 54.4 Å². The van der Waals surface area contributed by atoms with Gasteiger partial charge in [0.15, 0.2) is 5.75 Å². The first-order chi connectivity index (χ1) is 18.9. The molecule has 4 rings (SSSR count). The molecule has 0 bridgehead atoms. The number of rotatable bonds is 8. The van der Waals surface area contributed by atoms with E-state index in [-0.39, 0.29) is 35.0 Å². The molecule has 13 heteroatoms. The second-order valence-corrected chi connectivity index (χ2v) is 10.7. The van der Waals surface area contributed by atoms with Gasteiger partial charge in [-0.25, -0.2) is 4.98 Å². The Morgan fingerprint density at radius 3 is 2.35 bits per heavy atom. The lowest BCUT2D eigenvalue weighted by Gasteiger charge is -2.20. The molecule has 0 aliphatic rings. The van der Waals surface area contributed by atoms with Crippen LogP contribution >= 0.6 is 15.9 Å². The minimum Gasteiger partial charge on any atom is -0.493 e. The third-order valence-electron chi connectivity index (χ3n) is 5.81. The molecule has 40 heavy (non-hydrogen) atoms. The van der Waals surface area contributed by atoms with E-state index in [1.54, 1.807) is 18.2 Å². The largest absolute Gasteiger partial charge is 0.493 e. The zero-order chi connectivity index (χ0) is 29.2. The molecule has 0 radical (unpaired) electrons. The normalized spacial score (nSPS) is 11.6. The molecule has 12 nitrogen and oxygen atoms in total. The third kappa shape index (κ3) is 5.99. The van der Waals surface area contributed by atoms with E-state index in [1.807, 2.05) is 20.8 Å². The van der Waals surface area contributed by atoms with Gasteiger partial charge in [-0.1, -0.05) is 36.7 Å². The molecule has 0 fully saturated rings. The van der Waals surface area contributed by atoms with Crippen LogP contribution in [-0.4, -0.2) is 32.8 Å². The summed E-state index contributed by atoms with van der Waals surface area (Å²) < 4.78 is 13.0. The van der Waals surface area contributed by atoms with Gasteiger partial charge in [0, 0.05) is 33.7 Å². The van der Waals surface area contributed by atoms with Crippen molar-refractivity contribution in [3.05, 3.63) is 107 Å². The maximum atomic E-state index is 13.4. The number of ether oxygens (including phenoxy) is 2. The van der Waals surface area contributed by atoms with Gasteiger partial charge in [-0.3, -0.25) is 25.0 Å². The standard InChI is InChI=1S/C27H24BrN5O7/c1-27(2,3)26-30-21-10-7-18(28)13-20(21)25(34)31(26)29-14-17-11-22(33(37)38)24(23(12-17)39-4)40-15-16-5-8-19(9-6-16)32(35)36/h5-14H,15H2,1-4H3. The smallest absolute Gasteiger partial charge is 0.315 e. The molecule has 0 saturated heterocycles. The number of halogens is 1. The fourth-order valence-electron chi connectivity index (χ4n) is 3.85. The van der Waals surface area contributed by atoms with Crippen LogP contribution in [0.3, 0.4) is 0 Å². The maximum Gasteiger partial charge on any atom is 0.315 e. The first kappa shape index (κ1) is 28.4. The zero-order valence-electron chi connectivity index (χ0n) is 22.0. The van der Waals surface area contributed by atoms with Gasteiger partial charge in [-0.2, -0.15) is 9.78 Å². The van der Waals surface area contributed by atoms with Gasteiger partial charge in [-0.15, -0.1) is 0 Å². The summed E-state index contributed by atoms with van der Waals surface area (Å²) >= 11 is 3.37. The highest BCUT2D eigenvalue weighted by molar-refractivity contribution is 9.10. The quantitative estimate of drug-likeness (QED) is 0.139. The molecule has 0 amide bonds. The lowest BCUT2D eigenvalue weighted by Crippen LogP contribution is -2.29. The highest BCUT2D eigenvalue weighted by Crippen LogP contribution is 2.38. The Hall–Kier alpha value is -4.65. The summed E-state index contributed by atoms with van der Waals surface area (Å²) in [7, 11) is 1.34. The predicted octanol–water partition coefficient (Wildman–Crippen LogP) is 5.74. The molecule has 0 aliphatic heterocycles. The Morgan fingerprint density at radius 1 is 1.05 bits per heavy atom. The number of nitro benzene ring substituents is 2. The molecule has 4 aromatic rings. The second kappa shape index (κ2) is 11.2. The molecular weight excluding hydrogens is 586 g/mol. The first-order valence-electron chi connectivity index (χ1n) is 11.9. The fraction of sp³-hybridized carbons (Fsp3) is 0.222. The molecule has 3 aromatic carbocycles. The number of hydrogen-bond donors (Lipinski definition) is 0. The highest BCUT2D eigenvalue weighted by atomic mass is 79.9. The zero-order valence-corrected chi connectivity index (χ0v) is 23.5. The van der Waals surface area contributed by atoms with E-state index in [0.29, 0.717) is 26.8 Å². The van der Waals surface area contributed by atoms with Gasteiger partial charge in [-0.05, 0) is 42.0 Å². The van der Waals surface area contributed by atoms with Crippen LogP contribution in [-0.2, 0) is 12.0 Å². The molecule has 1 aromatic heterocycles. The molecule has 0 spiro atoms. The van der Waals surface area contributed by atoms with Crippen molar-refractivity contribution in [2.75, 3.05) is 7.11 Å². The summed E-state index contributed by atoms with van der Waals surface area (Å²) in [4.78, 5) is 39.7. The summed E-state index contributed by atoms with van der Waals surface area (Å²) in [5.41, 5.74) is -0.0276. The summed E-state index contributed by atoms with van der Waals surface area (Å²) in [5, 5.41) is 27.6. The Kier molecular flexibility index (Phi) is 7.96.